The van der Waals surface area contributed by atoms with Gasteiger partial charge in [0.15, 0.2) is 0 Å². The molecule has 1 heterocycles. The maximum absolute atomic E-state index is 12.1. The molecule has 0 amide bonds. The summed E-state index contributed by atoms with van der Waals surface area (Å²) < 4.78 is 25.4. The Morgan fingerprint density at radius 1 is 1.50 bits per heavy atom. The first-order valence-corrected chi connectivity index (χ1v) is 7.21. The van der Waals surface area contributed by atoms with Gasteiger partial charge in [-0.3, -0.25) is 0 Å². The lowest BCUT2D eigenvalue weighted by Gasteiger charge is -2.33. The Hall–Kier alpha value is -0.170. The third-order valence-electron chi connectivity index (χ3n) is 3.23. The Morgan fingerprint density at radius 2 is 2.12 bits per heavy atom. The van der Waals surface area contributed by atoms with Gasteiger partial charge in [0.2, 0.25) is 10.0 Å². The largest absolute Gasteiger partial charge is 0.394 e. The Labute approximate surface area is 97.9 Å². The number of aliphatic hydroxyl groups excluding tert-OH is 1. The molecule has 1 fully saturated rings. The van der Waals surface area contributed by atoms with Crippen LogP contribution in [0.3, 0.4) is 0 Å². The maximum atomic E-state index is 12.1. The number of likely N-dealkylation sites (N-methyl/N-ethyl adjacent to an activating group) is 1. The van der Waals surface area contributed by atoms with E-state index in [1.165, 1.54) is 11.4 Å². The second-order valence-electron chi connectivity index (χ2n) is 5.01. The Balaban J connectivity index is 2.69. The molecule has 2 N–H and O–H groups in total. The minimum Gasteiger partial charge on any atom is -0.394 e. The number of rotatable bonds is 5. The molecule has 16 heavy (non-hydrogen) atoms. The molecule has 6 heteroatoms. The smallest absolute Gasteiger partial charge is 0.215 e. The van der Waals surface area contributed by atoms with E-state index in [0.717, 1.165) is 19.4 Å². The highest BCUT2D eigenvalue weighted by Crippen LogP contribution is 2.18. The van der Waals surface area contributed by atoms with Gasteiger partial charge in [0.1, 0.15) is 0 Å². The third-order valence-corrected chi connectivity index (χ3v) is 5.38. The summed E-state index contributed by atoms with van der Waals surface area (Å²) in [4.78, 5) is 0. The van der Waals surface area contributed by atoms with Crippen LogP contribution in [0.4, 0.5) is 0 Å². The van der Waals surface area contributed by atoms with E-state index in [1.807, 2.05) is 0 Å². The molecule has 1 atom stereocenters. The molecule has 1 rings (SSSR count). The van der Waals surface area contributed by atoms with E-state index in [4.69, 9.17) is 5.11 Å². The lowest BCUT2D eigenvalue weighted by molar-refractivity contribution is 0.137. The summed E-state index contributed by atoms with van der Waals surface area (Å²) in [6, 6.07) is 0.0574. The van der Waals surface area contributed by atoms with E-state index in [2.05, 4.69) is 5.32 Å². The normalized spacial score (nSPS) is 22.9. The molecule has 1 saturated heterocycles. The van der Waals surface area contributed by atoms with Crippen LogP contribution in [-0.4, -0.2) is 55.4 Å². The zero-order valence-corrected chi connectivity index (χ0v) is 11.0. The van der Waals surface area contributed by atoms with Gasteiger partial charge >= 0.3 is 0 Å². The number of nitrogens with one attached hydrogen (secondary N) is 1. The second kappa shape index (κ2) is 5.00. The topological polar surface area (TPSA) is 69.6 Å². The van der Waals surface area contributed by atoms with Crippen LogP contribution >= 0.6 is 0 Å². The molecular formula is C10H22N2O3S. The van der Waals surface area contributed by atoms with Crippen LogP contribution < -0.4 is 5.32 Å². The predicted molar refractivity (Wildman–Crippen MR) is 63.7 cm³/mol. The molecule has 0 bridgehead atoms. The molecule has 1 unspecified atom stereocenters. The molecule has 5 nitrogen and oxygen atoms in total. The average Bonchev–Trinajstić information content (AvgIpc) is 2.68. The van der Waals surface area contributed by atoms with Crippen LogP contribution in [0.5, 0.6) is 0 Å². The average molecular weight is 250 g/mol. The van der Waals surface area contributed by atoms with Crippen LogP contribution in [-0.2, 0) is 10.0 Å². The van der Waals surface area contributed by atoms with E-state index in [1.54, 1.807) is 13.8 Å². The van der Waals surface area contributed by atoms with E-state index >= 15 is 0 Å². The third kappa shape index (κ3) is 3.16. The van der Waals surface area contributed by atoms with Crippen LogP contribution in [0.1, 0.15) is 26.7 Å². The first kappa shape index (κ1) is 13.9. The van der Waals surface area contributed by atoms with Crippen molar-refractivity contribution in [3.63, 3.8) is 0 Å². The second-order valence-corrected chi connectivity index (χ2v) is 7.05. The predicted octanol–water partition coefficient (Wildman–Crippen LogP) is -0.229. The Bertz CT molecular complexity index is 321. The molecule has 0 spiro atoms. The fraction of sp³-hybridized carbons (Fsp3) is 1.00. The van der Waals surface area contributed by atoms with Crippen LogP contribution in [0.25, 0.3) is 0 Å². The van der Waals surface area contributed by atoms with Crippen molar-refractivity contribution in [1.29, 1.82) is 0 Å². The number of aliphatic hydroxyl groups is 1. The SMILES string of the molecule is CN(C(C)(C)CO)S(=O)(=O)CC1CCCN1. The van der Waals surface area contributed by atoms with Gasteiger partial charge in [0.25, 0.3) is 0 Å². The minimum atomic E-state index is -3.30. The lowest BCUT2D eigenvalue weighted by atomic mass is 10.1. The molecule has 0 aliphatic carbocycles. The highest BCUT2D eigenvalue weighted by molar-refractivity contribution is 7.89. The fourth-order valence-electron chi connectivity index (χ4n) is 1.74. The van der Waals surface area contributed by atoms with Gasteiger partial charge in [-0.25, -0.2) is 8.42 Å². The van der Waals surface area contributed by atoms with E-state index in [0.29, 0.717) is 0 Å². The summed E-state index contributed by atoms with van der Waals surface area (Å²) in [5, 5.41) is 12.3. The van der Waals surface area contributed by atoms with E-state index < -0.39 is 15.6 Å². The molecule has 0 aromatic carbocycles. The van der Waals surface area contributed by atoms with Crippen molar-refractivity contribution in [3.05, 3.63) is 0 Å². The van der Waals surface area contributed by atoms with Crippen LogP contribution in [0, 0.1) is 0 Å². The Morgan fingerprint density at radius 3 is 2.56 bits per heavy atom. The quantitative estimate of drug-likeness (QED) is 0.707. The molecule has 96 valence electrons. The number of hydrogen-bond donors (Lipinski definition) is 2. The summed E-state index contributed by atoms with van der Waals surface area (Å²) in [6.07, 6.45) is 1.94. The van der Waals surface area contributed by atoms with Gasteiger partial charge in [-0.2, -0.15) is 4.31 Å². The first-order valence-electron chi connectivity index (χ1n) is 5.60. The summed E-state index contributed by atoms with van der Waals surface area (Å²) in [6.45, 7) is 4.15. The van der Waals surface area contributed by atoms with Gasteiger partial charge in [0, 0.05) is 13.1 Å². The van der Waals surface area contributed by atoms with Crippen molar-refractivity contribution in [2.75, 3.05) is 26.0 Å². The highest BCUT2D eigenvalue weighted by Gasteiger charge is 2.34. The monoisotopic (exact) mass is 250 g/mol. The van der Waals surface area contributed by atoms with Gasteiger partial charge in [0.05, 0.1) is 17.9 Å². The molecule has 1 aliphatic rings. The highest BCUT2D eigenvalue weighted by atomic mass is 32.2. The molecule has 0 aromatic rings. The van der Waals surface area contributed by atoms with Crippen molar-refractivity contribution in [1.82, 2.24) is 9.62 Å². The maximum Gasteiger partial charge on any atom is 0.215 e. The van der Waals surface area contributed by atoms with E-state index in [9.17, 15) is 8.42 Å². The molecule has 0 saturated carbocycles. The van der Waals surface area contributed by atoms with Gasteiger partial charge < -0.3 is 10.4 Å². The molecule has 0 aromatic heterocycles. The zero-order chi connectivity index (χ0) is 12.4. The summed E-state index contributed by atoms with van der Waals surface area (Å²) >= 11 is 0. The number of sulfonamides is 1. The van der Waals surface area contributed by atoms with Gasteiger partial charge in [-0.1, -0.05) is 0 Å². The van der Waals surface area contributed by atoms with Crippen molar-refractivity contribution in [2.24, 2.45) is 0 Å². The summed E-state index contributed by atoms with van der Waals surface area (Å²) in [5.74, 6) is 0.118. The summed E-state index contributed by atoms with van der Waals surface area (Å²) in [5.41, 5.74) is -0.739. The summed E-state index contributed by atoms with van der Waals surface area (Å²) in [7, 11) is -1.77. The molecular weight excluding hydrogens is 228 g/mol. The number of nitrogens with zero attached hydrogens (tertiary/aromatic N) is 1. The minimum absolute atomic E-state index is 0.0574. The Kier molecular flexibility index (Phi) is 4.34. The zero-order valence-electron chi connectivity index (χ0n) is 10.2. The van der Waals surface area contributed by atoms with Crippen LogP contribution in [0.15, 0.2) is 0 Å². The van der Waals surface area contributed by atoms with Crippen molar-refractivity contribution < 1.29 is 13.5 Å². The van der Waals surface area contributed by atoms with E-state index in [-0.39, 0.29) is 18.4 Å². The van der Waals surface area contributed by atoms with Crippen molar-refractivity contribution in [2.45, 2.75) is 38.3 Å². The van der Waals surface area contributed by atoms with Crippen LogP contribution in [0.2, 0.25) is 0 Å². The number of hydrogen-bond acceptors (Lipinski definition) is 4. The molecule has 1 aliphatic heterocycles. The van der Waals surface area contributed by atoms with Gasteiger partial charge in [-0.05, 0) is 33.2 Å². The van der Waals surface area contributed by atoms with Gasteiger partial charge in [-0.15, -0.1) is 0 Å². The standard InChI is InChI=1S/C10H22N2O3S/c1-10(2,8-13)12(3)16(14,15)7-9-5-4-6-11-9/h9,11,13H,4-8H2,1-3H3. The van der Waals surface area contributed by atoms with Crippen molar-refractivity contribution in [3.8, 4) is 0 Å². The van der Waals surface area contributed by atoms with Crippen molar-refractivity contribution >= 4 is 10.0 Å². The fourth-order valence-corrected chi connectivity index (χ4v) is 3.57. The first-order chi connectivity index (χ1) is 7.29. The molecule has 0 radical (unpaired) electrons. The lowest BCUT2D eigenvalue weighted by Crippen LogP contribution is -2.50.